The molecule has 0 atom stereocenters. The maximum absolute atomic E-state index is 12.2. The molecule has 2 aromatic rings. The molecule has 0 bridgehead atoms. The molecule has 0 saturated heterocycles. The standard InChI is InChI=1S/C19H21NO/c21-19(17-8-2-1-3-9-17)12-14-20-13-6-11-16-7-4-5-10-18(16)15-20/h1-5,7-10H,6,11-15H2. The van der Waals surface area contributed by atoms with Gasteiger partial charge in [0.25, 0.3) is 0 Å². The molecule has 0 radical (unpaired) electrons. The number of Topliss-reactive ketones (excluding diaryl/α,β-unsaturated/α-hetero) is 1. The van der Waals surface area contributed by atoms with Crippen molar-refractivity contribution in [2.75, 3.05) is 13.1 Å². The molecule has 108 valence electrons. The van der Waals surface area contributed by atoms with Crippen LogP contribution in [0.3, 0.4) is 0 Å². The van der Waals surface area contributed by atoms with Crippen LogP contribution in [0.15, 0.2) is 54.6 Å². The second-order valence-corrected chi connectivity index (χ2v) is 5.69. The molecule has 0 aliphatic carbocycles. The number of carbonyl (C=O) groups is 1. The van der Waals surface area contributed by atoms with Gasteiger partial charge in [-0.25, -0.2) is 0 Å². The molecule has 21 heavy (non-hydrogen) atoms. The molecule has 0 spiro atoms. The molecule has 3 rings (SSSR count). The molecule has 2 aromatic carbocycles. The Morgan fingerprint density at radius 1 is 0.952 bits per heavy atom. The third-order valence-electron chi connectivity index (χ3n) is 4.18. The van der Waals surface area contributed by atoms with Crippen molar-refractivity contribution >= 4 is 5.78 Å². The molecule has 0 unspecified atom stereocenters. The van der Waals surface area contributed by atoms with Crippen LogP contribution in [0.25, 0.3) is 0 Å². The predicted molar refractivity (Wildman–Crippen MR) is 85.4 cm³/mol. The number of rotatable bonds is 4. The molecule has 1 heterocycles. The molecule has 0 aromatic heterocycles. The number of hydrogen-bond acceptors (Lipinski definition) is 2. The van der Waals surface area contributed by atoms with Gasteiger partial charge in [0, 0.05) is 25.1 Å². The molecule has 2 heteroatoms. The van der Waals surface area contributed by atoms with Crippen molar-refractivity contribution in [1.82, 2.24) is 4.90 Å². The van der Waals surface area contributed by atoms with E-state index in [9.17, 15) is 4.79 Å². The van der Waals surface area contributed by atoms with Crippen LogP contribution in [-0.2, 0) is 13.0 Å². The number of fused-ring (bicyclic) bond motifs is 1. The van der Waals surface area contributed by atoms with Crippen molar-refractivity contribution in [3.05, 3.63) is 71.3 Å². The highest BCUT2D eigenvalue weighted by molar-refractivity contribution is 5.96. The molecule has 0 fully saturated rings. The smallest absolute Gasteiger partial charge is 0.164 e. The first-order chi connectivity index (χ1) is 10.3. The fourth-order valence-electron chi connectivity index (χ4n) is 2.99. The first-order valence-corrected chi connectivity index (χ1v) is 7.70. The van der Waals surface area contributed by atoms with E-state index in [1.54, 1.807) is 0 Å². The van der Waals surface area contributed by atoms with E-state index >= 15 is 0 Å². The zero-order valence-electron chi connectivity index (χ0n) is 12.3. The quantitative estimate of drug-likeness (QED) is 0.795. The summed E-state index contributed by atoms with van der Waals surface area (Å²) in [5.41, 5.74) is 3.71. The van der Waals surface area contributed by atoms with E-state index in [2.05, 4.69) is 29.2 Å². The van der Waals surface area contributed by atoms with Gasteiger partial charge in [0.15, 0.2) is 5.78 Å². The Hall–Kier alpha value is -1.93. The molecule has 1 aliphatic heterocycles. The van der Waals surface area contributed by atoms with Crippen LogP contribution in [0.2, 0.25) is 0 Å². The highest BCUT2D eigenvalue weighted by Crippen LogP contribution is 2.18. The molecular formula is C19H21NO. The maximum Gasteiger partial charge on any atom is 0.164 e. The molecule has 2 nitrogen and oxygen atoms in total. The molecule has 0 N–H and O–H groups in total. The fraction of sp³-hybridized carbons (Fsp3) is 0.316. The normalized spacial score (nSPS) is 15.2. The van der Waals surface area contributed by atoms with Gasteiger partial charge in [0.2, 0.25) is 0 Å². The summed E-state index contributed by atoms with van der Waals surface area (Å²) in [6.07, 6.45) is 2.93. The van der Waals surface area contributed by atoms with Crippen molar-refractivity contribution in [3.63, 3.8) is 0 Å². The van der Waals surface area contributed by atoms with Crippen LogP contribution in [0, 0.1) is 0 Å². The summed E-state index contributed by atoms with van der Waals surface area (Å²) in [6.45, 7) is 2.90. The minimum absolute atomic E-state index is 0.244. The second kappa shape index (κ2) is 6.68. The van der Waals surface area contributed by atoms with Crippen molar-refractivity contribution in [2.45, 2.75) is 25.8 Å². The Bertz CT molecular complexity index is 606. The fourth-order valence-corrected chi connectivity index (χ4v) is 2.99. The van der Waals surface area contributed by atoms with Crippen LogP contribution >= 0.6 is 0 Å². The SMILES string of the molecule is O=C(CCN1CCCc2ccccc2C1)c1ccccc1. The van der Waals surface area contributed by atoms with Gasteiger partial charge >= 0.3 is 0 Å². The second-order valence-electron chi connectivity index (χ2n) is 5.69. The Labute approximate surface area is 126 Å². The van der Waals surface area contributed by atoms with Gasteiger partial charge < -0.3 is 0 Å². The van der Waals surface area contributed by atoms with Crippen LogP contribution in [0.1, 0.15) is 34.3 Å². The monoisotopic (exact) mass is 279 g/mol. The van der Waals surface area contributed by atoms with Gasteiger partial charge in [-0.15, -0.1) is 0 Å². The lowest BCUT2D eigenvalue weighted by molar-refractivity contribution is 0.0962. The first-order valence-electron chi connectivity index (χ1n) is 7.70. The molecule has 0 saturated carbocycles. The van der Waals surface area contributed by atoms with Crippen LogP contribution in [0.5, 0.6) is 0 Å². The lowest BCUT2D eigenvalue weighted by atomic mass is 10.0. The van der Waals surface area contributed by atoms with Crippen molar-refractivity contribution < 1.29 is 4.79 Å². The van der Waals surface area contributed by atoms with Gasteiger partial charge in [-0.05, 0) is 30.5 Å². The topological polar surface area (TPSA) is 20.3 Å². The third-order valence-corrected chi connectivity index (χ3v) is 4.18. The summed E-state index contributed by atoms with van der Waals surface area (Å²) in [6, 6.07) is 18.3. The zero-order chi connectivity index (χ0) is 14.5. The Kier molecular flexibility index (Phi) is 4.46. The van der Waals surface area contributed by atoms with E-state index in [1.807, 2.05) is 30.3 Å². The lowest BCUT2D eigenvalue weighted by Gasteiger charge is -2.20. The van der Waals surface area contributed by atoms with Gasteiger partial charge in [-0.2, -0.15) is 0 Å². The first kappa shape index (κ1) is 14.0. The van der Waals surface area contributed by atoms with E-state index in [-0.39, 0.29) is 5.78 Å². The number of benzene rings is 2. The summed E-state index contributed by atoms with van der Waals surface area (Å²) in [4.78, 5) is 14.6. The Morgan fingerprint density at radius 2 is 1.67 bits per heavy atom. The van der Waals surface area contributed by atoms with Gasteiger partial charge in [-0.3, -0.25) is 9.69 Å². The average molecular weight is 279 g/mol. The third kappa shape index (κ3) is 3.59. The maximum atomic E-state index is 12.2. The zero-order valence-corrected chi connectivity index (χ0v) is 12.3. The van der Waals surface area contributed by atoms with E-state index < -0.39 is 0 Å². The summed E-state index contributed by atoms with van der Waals surface area (Å²) in [5.74, 6) is 0.244. The highest BCUT2D eigenvalue weighted by Gasteiger charge is 2.15. The number of hydrogen-bond donors (Lipinski definition) is 0. The van der Waals surface area contributed by atoms with E-state index in [0.717, 1.165) is 31.6 Å². The minimum atomic E-state index is 0.244. The van der Waals surface area contributed by atoms with Gasteiger partial charge in [0.1, 0.15) is 0 Å². The Morgan fingerprint density at radius 3 is 2.48 bits per heavy atom. The van der Waals surface area contributed by atoms with Crippen molar-refractivity contribution in [3.8, 4) is 0 Å². The summed E-state index contributed by atoms with van der Waals surface area (Å²) in [7, 11) is 0. The van der Waals surface area contributed by atoms with Gasteiger partial charge in [0.05, 0.1) is 0 Å². The number of aryl methyl sites for hydroxylation is 1. The van der Waals surface area contributed by atoms with E-state index in [4.69, 9.17) is 0 Å². The lowest BCUT2D eigenvalue weighted by Crippen LogP contribution is -2.26. The Balaban J connectivity index is 1.60. The number of ketones is 1. The summed E-state index contributed by atoms with van der Waals surface area (Å²) in [5, 5.41) is 0. The molecular weight excluding hydrogens is 258 g/mol. The minimum Gasteiger partial charge on any atom is -0.299 e. The van der Waals surface area contributed by atoms with Crippen LogP contribution in [0.4, 0.5) is 0 Å². The van der Waals surface area contributed by atoms with E-state index in [1.165, 1.54) is 17.5 Å². The highest BCUT2D eigenvalue weighted by atomic mass is 16.1. The van der Waals surface area contributed by atoms with Gasteiger partial charge in [-0.1, -0.05) is 54.6 Å². The average Bonchev–Trinajstić information content (AvgIpc) is 2.75. The number of nitrogens with zero attached hydrogens (tertiary/aromatic N) is 1. The largest absolute Gasteiger partial charge is 0.299 e. The van der Waals surface area contributed by atoms with Crippen molar-refractivity contribution in [2.24, 2.45) is 0 Å². The van der Waals surface area contributed by atoms with Crippen LogP contribution in [-0.4, -0.2) is 23.8 Å². The predicted octanol–water partition coefficient (Wildman–Crippen LogP) is 3.71. The molecule has 0 amide bonds. The van der Waals surface area contributed by atoms with Crippen molar-refractivity contribution in [1.29, 1.82) is 0 Å². The van der Waals surface area contributed by atoms with Crippen LogP contribution < -0.4 is 0 Å². The van der Waals surface area contributed by atoms with E-state index in [0.29, 0.717) is 6.42 Å². The summed E-state index contributed by atoms with van der Waals surface area (Å²) >= 11 is 0. The molecule has 1 aliphatic rings. The number of carbonyl (C=O) groups excluding carboxylic acids is 1. The summed E-state index contributed by atoms with van der Waals surface area (Å²) < 4.78 is 0.